The van der Waals surface area contributed by atoms with E-state index in [1.54, 1.807) is 12.1 Å². The van der Waals surface area contributed by atoms with Crippen LogP contribution >= 0.6 is 11.6 Å². The number of rotatable bonds is 0. The van der Waals surface area contributed by atoms with Crippen LogP contribution in [0.3, 0.4) is 0 Å². The summed E-state index contributed by atoms with van der Waals surface area (Å²) >= 11 is 6.41. The van der Waals surface area contributed by atoms with E-state index in [1.807, 2.05) is 12.1 Å². The molecule has 3 aliphatic heterocycles. The van der Waals surface area contributed by atoms with Crippen molar-refractivity contribution in [3.05, 3.63) is 58.1 Å². The molecule has 0 radical (unpaired) electrons. The number of benzene rings is 2. The molecule has 1 saturated heterocycles. The third-order valence-electron chi connectivity index (χ3n) is 10.2. The fraction of sp³-hybridized carbons (Fsp3) is 0.594. The van der Waals surface area contributed by atoms with Crippen LogP contribution in [-0.4, -0.2) is 64.7 Å². The highest BCUT2D eigenvalue weighted by Crippen LogP contribution is 2.48. The molecule has 1 saturated carbocycles. The number of hydrogen-bond acceptors (Lipinski definition) is 7. The van der Waals surface area contributed by atoms with Gasteiger partial charge in [-0.05, 0) is 98.7 Å². The maximum Gasteiger partial charge on any atom is 0.264 e. The summed E-state index contributed by atoms with van der Waals surface area (Å²) in [6.07, 6.45) is 6.85. The largest absolute Gasteiger partial charge is 0.490 e. The van der Waals surface area contributed by atoms with Crippen LogP contribution in [0.4, 0.5) is 5.69 Å². The molecule has 2 aromatic rings. The second-order valence-electron chi connectivity index (χ2n) is 13.0. The van der Waals surface area contributed by atoms with Gasteiger partial charge in [-0.15, -0.1) is 0 Å². The molecule has 1 N–H and O–H groups in total. The Hall–Kier alpha value is -2.33. The van der Waals surface area contributed by atoms with Crippen molar-refractivity contribution in [2.24, 2.45) is 11.8 Å². The number of hydrogen-bond donors (Lipinski definition) is 1. The fourth-order valence-corrected chi connectivity index (χ4v) is 8.98. The van der Waals surface area contributed by atoms with Crippen LogP contribution in [0.5, 0.6) is 5.75 Å². The average molecular weight is 615 g/mol. The number of halogens is 1. The first-order chi connectivity index (χ1) is 20.2. The number of sulfonamides is 1. The molecule has 4 bridgehead atoms. The van der Waals surface area contributed by atoms with Crippen LogP contribution in [0.15, 0.2) is 36.4 Å². The van der Waals surface area contributed by atoms with Gasteiger partial charge in [-0.25, -0.2) is 13.1 Å². The lowest BCUT2D eigenvalue weighted by Gasteiger charge is -2.48. The van der Waals surface area contributed by atoms with Crippen molar-refractivity contribution in [1.29, 1.82) is 0 Å². The summed E-state index contributed by atoms with van der Waals surface area (Å²) in [6.45, 7) is 4.21. The molecule has 7 rings (SSSR count). The number of carbonyl (C=O) groups is 1. The Balaban J connectivity index is 1.29. The molecule has 226 valence electrons. The molecule has 42 heavy (non-hydrogen) atoms. The summed E-state index contributed by atoms with van der Waals surface area (Å²) in [5.41, 5.74) is 3.48. The van der Waals surface area contributed by atoms with Gasteiger partial charge in [-0.3, -0.25) is 4.79 Å². The maximum atomic E-state index is 13.2. The number of ether oxygens (including phenoxy) is 3. The number of fused-ring (bicyclic) bond motifs is 7. The zero-order valence-corrected chi connectivity index (χ0v) is 25.6. The van der Waals surface area contributed by atoms with Crippen molar-refractivity contribution >= 4 is 33.2 Å². The molecule has 1 spiro atoms. The summed E-state index contributed by atoms with van der Waals surface area (Å²) in [7, 11) is -3.87. The van der Waals surface area contributed by atoms with E-state index in [0.29, 0.717) is 24.0 Å². The van der Waals surface area contributed by atoms with Gasteiger partial charge in [0.05, 0.1) is 43.0 Å². The Morgan fingerprint density at radius 1 is 1.12 bits per heavy atom. The van der Waals surface area contributed by atoms with Crippen molar-refractivity contribution in [3.8, 4) is 5.75 Å². The van der Waals surface area contributed by atoms with Crippen molar-refractivity contribution in [1.82, 2.24) is 4.72 Å². The van der Waals surface area contributed by atoms with E-state index >= 15 is 0 Å². The van der Waals surface area contributed by atoms with E-state index in [4.69, 9.17) is 25.8 Å². The lowest BCUT2D eigenvalue weighted by atomic mass is 9.67. The van der Waals surface area contributed by atoms with E-state index < -0.39 is 15.9 Å². The number of nitrogens with zero attached hydrogens (tertiary/aromatic N) is 1. The average Bonchev–Trinajstić information content (AvgIpc) is 3.07. The SMILES string of the molecule is C[C@H]1C[C@@H]2C[C@H](O1)[C@@H]1CC[C@H]1CN1C[C@@]3(CCCc4cc(Cl)ccc43)COc3ccc(cc31)C(=O)NS(=O)(=O)CCO2. The number of nitrogens with one attached hydrogen (secondary N) is 1. The second kappa shape index (κ2) is 11.0. The smallest absolute Gasteiger partial charge is 0.264 e. The Morgan fingerprint density at radius 2 is 2.00 bits per heavy atom. The van der Waals surface area contributed by atoms with E-state index in [-0.39, 0.29) is 36.1 Å². The Bertz CT molecular complexity index is 1480. The first-order valence-electron chi connectivity index (χ1n) is 15.3. The van der Waals surface area contributed by atoms with Crippen LogP contribution < -0.4 is 14.4 Å². The van der Waals surface area contributed by atoms with Gasteiger partial charge in [-0.2, -0.15) is 0 Å². The third-order valence-corrected chi connectivity index (χ3v) is 11.6. The topological polar surface area (TPSA) is 94.2 Å². The molecular formula is C32H39ClN2O6S. The zero-order chi connectivity index (χ0) is 29.1. The summed E-state index contributed by atoms with van der Waals surface area (Å²) in [4.78, 5) is 15.6. The minimum absolute atomic E-state index is 0.0430. The van der Waals surface area contributed by atoms with Crippen molar-refractivity contribution < 1.29 is 27.4 Å². The van der Waals surface area contributed by atoms with Crippen molar-refractivity contribution in [3.63, 3.8) is 0 Å². The first-order valence-corrected chi connectivity index (χ1v) is 17.3. The Morgan fingerprint density at radius 3 is 2.83 bits per heavy atom. The standard InChI is InChI=1S/C32H39ClN2O6S/c1-20-13-25-16-30(41-20)26-7-4-23(26)17-35-18-32(10-2-3-21-14-24(33)6-8-27(21)32)19-40-29-9-5-22(15-28(29)35)31(36)34-42(37,38)12-11-39-25/h5-6,8-9,14-15,20,23,25-26,30H,2-4,7,10-13,16-19H2,1H3,(H,34,36)/t20-,23-,25+,26+,30-,32-/m0/s1. The fourth-order valence-electron chi connectivity index (χ4n) is 7.97. The Kier molecular flexibility index (Phi) is 7.44. The van der Waals surface area contributed by atoms with Crippen molar-refractivity contribution in [2.75, 3.05) is 37.0 Å². The van der Waals surface area contributed by atoms with Gasteiger partial charge in [0, 0.05) is 35.5 Å². The monoisotopic (exact) mass is 614 g/mol. The van der Waals surface area contributed by atoms with E-state index in [0.717, 1.165) is 74.5 Å². The lowest BCUT2D eigenvalue weighted by Crippen LogP contribution is -2.51. The summed E-state index contributed by atoms with van der Waals surface area (Å²) in [6, 6.07) is 11.5. The predicted molar refractivity (Wildman–Crippen MR) is 161 cm³/mol. The van der Waals surface area contributed by atoms with E-state index in [2.05, 4.69) is 28.7 Å². The van der Waals surface area contributed by atoms with Gasteiger partial charge in [0.1, 0.15) is 5.75 Å². The molecule has 2 aliphatic carbocycles. The first kappa shape index (κ1) is 28.4. The summed E-state index contributed by atoms with van der Waals surface area (Å²) in [5.74, 6) is 0.655. The Labute approximate surface area is 253 Å². The highest BCUT2D eigenvalue weighted by molar-refractivity contribution is 7.90. The minimum atomic E-state index is -3.87. The van der Waals surface area contributed by atoms with Gasteiger partial charge in [0.25, 0.3) is 5.91 Å². The highest BCUT2D eigenvalue weighted by atomic mass is 35.5. The molecule has 0 aromatic heterocycles. The molecule has 5 aliphatic rings. The zero-order valence-electron chi connectivity index (χ0n) is 24.0. The molecule has 1 amide bonds. The van der Waals surface area contributed by atoms with Gasteiger partial charge >= 0.3 is 0 Å². The van der Waals surface area contributed by atoms with E-state index in [9.17, 15) is 13.2 Å². The number of anilines is 1. The van der Waals surface area contributed by atoms with Gasteiger partial charge in [-0.1, -0.05) is 17.7 Å². The molecule has 8 nitrogen and oxygen atoms in total. The molecule has 0 unspecified atom stereocenters. The highest BCUT2D eigenvalue weighted by Gasteiger charge is 2.46. The van der Waals surface area contributed by atoms with E-state index in [1.165, 1.54) is 11.1 Å². The van der Waals surface area contributed by atoms with Crippen LogP contribution in [0, 0.1) is 11.8 Å². The quantitative estimate of drug-likeness (QED) is 0.453. The normalized spacial score (nSPS) is 34.2. The van der Waals surface area contributed by atoms with Crippen molar-refractivity contribution in [2.45, 2.75) is 75.6 Å². The molecule has 2 fully saturated rings. The van der Waals surface area contributed by atoms with Gasteiger partial charge in [0.2, 0.25) is 10.0 Å². The molecule has 2 aromatic carbocycles. The summed E-state index contributed by atoms with van der Waals surface area (Å²) < 4.78 is 47.0. The van der Waals surface area contributed by atoms with Crippen LogP contribution in [0.2, 0.25) is 5.02 Å². The second-order valence-corrected chi connectivity index (χ2v) is 15.3. The summed E-state index contributed by atoms with van der Waals surface area (Å²) in [5, 5.41) is 0.751. The molecular weight excluding hydrogens is 576 g/mol. The maximum absolute atomic E-state index is 13.2. The van der Waals surface area contributed by atoms with Crippen LogP contribution in [0.25, 0.3) is 0 Å². The lowest BCUT2D eigenvalue weighted by molar-refractivity contribution is -0.146. The third kappa shape index (κ3) is 5.42. The van der Waals surface area contributed by atoms with Gasteiger partial charge < -0.3 is 19.1 Å². The molecule has 3 heterocycles. The van der Waals surface area contributed by atoms with Crippen LogP contribution in [0.1, 0.15) is 66.9 Å². The number of carbonyl (C=O) groups excluding carboxylic acids is 1. The minimum Gasteiger partial charge on any atom is -0.490 e. The van der Waals surface area contributed by atoms with Gasteiger partial charge in [0.15, 0.2) is 0 Å². The molecule has 6 atom stereocenters. The molecule has 10 heteroatoms. The number of amides is 1. The predicted octanol–water partition coefficient (Wildman–Crippen LogP) is 4.87. The van der Waals surface area contributed by atoms with Crippen LogP contribution in [-0.2, 0) is 31.3 Å². The number of aryl methyl sites for hydroxylation is 1.